The summed E-state index contributed by atoms with van der Waals surface area (Å²) in [4.78, 5) is 17.8. The Labute approximate surface area is 110 Å². The van der Waals surface area contributed by atoms with Crippen molar-refractivity contribution in [2.45, 2.75) is 0 Å². The summed E-state index contributed by atoms with van der Waals surface area (Å²) < 4.78 is 5.82. The van der Waals surface area contributed by atoms with Gasteiger partial charge < -0.3 is 10.5 Å². The Hall–Kier alpha value is -2.22. The smallest absolute Gasteiger partial charge is 0.323 e. The molecule has 18 heavy (non-hydrogen) atoms. The summed E-state index contributed by atoms with van der Waals surface area (Å²) in [5, 5.41) is 10.7. The Morgan fingerprint density at radius 1 is 1.39 bits per heavy atom. The Bertz CT molecular complexity index is 605. The Morgan fingerprint density at radius 3 is 2.83 bits per heavy atom. The number of nitro benzene ring substituents is 1. The third kappa shape index (κ3) is 2.92. The van der Waals surface area contributed by atoms with Gasteiger partial charge in [-0.1, -0.05) is 15.9 Å². The van der Waals surface area contributed by atoms with E-state index in [2.05, 4.69) is 25.9 Å². The number of nitrogens with two attached hydrogens (primary N) is 1. The highest BCUT2D eigenvalue weighted by molar-refractivity contribution is 9.10. The summed E-state index contributed by atoms with van der Waals surface area (Å²) in [5.41, 5.74) is 5.38. The fraction of sp³-hybridized carbons (Fsp3) is 0. The lowest BCUT2D eigenvalue weighted by Crippen LogP contribution is -1.96. The first kappa shape index (κ1) is 12.2. The molecule has 1 aromatic carbocycles. The van der Waals surface area contributed by atoms with Crippen molar-refractivity contribution < 1.29 is 9.66 Å². The molecule has 7 nitrogen and oxygen atoms in total. The topological polar surface area (TPSA) is 104 Å². The van der Waals surface area contributed by atoms with Crippen LogP contribution < -0.4 is 10.5 Å². The lowest BCUT2D eigenvalue weighted by atomic mass is 10.3. The second-order valence-corrected chi connectivity index (χ2v) is 4.18. The molecule has 0 aliphatic heterocycles. The molecule has 0 bridgehead atoms. The number of ether oxygens (including phenoxy) is 1. The maximum absolute atomic E-state index is 10.7. The van der Waals surface area contributed by atoms with Crippen LogP contribution in [0.25, 0.3) is 0 Å². The number of rotatable bonds is 3. The fourth-order valence-corrected chi connectivity index (χ4v) is 1.68. The molecule has 1 aromatic heterocycles. The predicted molar refractivity (Wildman–Crippen MR) is 67.3 cm³/mol. The average Bonchev–Trinajstić information content (AvgIpc) is 2.28. The van der Waals surface area contributed by atoms with E-state index in [4.69, 9.17) is 10.5 Å². The first-order valence-electron chi connectivity index (χ1n) is 4.76. The Morgan fingerprint density at radius 2 is 2.17 bits per heavy atom. The number of aromatic nitrogens is 2. The number of nitrogens with zero attached hydrogens (tertiary/aromatic N) is 3. The van der Waals surface area contributed by atoms with Gasteiger partial charge in [-0.25, -0.2) is 4.98 Å². The number of nitrogen functional groups attached to an aromatic ring is 1. The van der Waals surface area contributed by atoms with E-state index in [0.29, 0.717) is 4.47 Å². The second-order valence-electron chi connectivity index (χ2n) is 3.27. The van der Waals surface area contributed by atoms with E-state index in [9.17, 15) is 10.1 Å². The molecular formula is C10H7BrN4O3. The molecule has 0 saturated heterocycles. The lowest BCUT2D eigenvalue weighted by molar-refractivity contribution is -0.385. The molecule has 2 aromatic rings. The summed E-state index contributed by atoms with van der Waals surface area (Å²) in [6, 6.07) is 5.75. The van der Waals surface area contributed by atoms with Gasteiger partial charge in [0.25, 0.3) is 5.69 Å². The average molecular weight is 311 g/mol. The minimum Gasteiger partial charge on any atom is -0.424 e. The van der Waals surface area contributed by atoms with E-state index in [-0.39, 0.29) is 23.3 Å². The van der Waals surface area contributed by atoms with Crippen molar-refractivity contribution in [2.24, 2.45) is 0 Å². The van der Waals surface area contributed by atoms with Crippen LogP contribution in [0, 0.1) is 10.1 Å². The molecule has 0 saturated carbocycles. The van der Waals surface area contributed by atoms with E-state index in [1.54, 1.807) is 6.07 Å². The summed E-state index contributed by atoms with van der Waals surface area (Å²) in [7, 11) is 0. The molecule has 0 aliphatic rings. The van der Waals surface area contributed by atoms with Crippen molar-refractivity contribution in [1.29, 1.82) is 0 Å². The summed E-state index contributed by atoms with van der Waals surface area (Å²) in [5.74, 6) is 0.506. The molecule has 92 valence electrons. The van der Waals surface area contributed by atoms with Crippen molar-refractivity contribution in [2.75, 3.05) is 5.73 Å². The van der Waals surface area contributed by atoms with E-state index < -0.39 is 4.92 Å². The number of non-ortho nitro benzene ring substituents is 1. The van der Waals surface area contributed by atoms with Gasteiger partial charge in [-0.3, -0.25) is 10.1 Å². The number of hydrogen-bond donors (Lipinski definition) is 1. The fourth-order valence-electron chi connectivity index (χ4n) is 1.22. The molecule has 8 heteroatoms. The van der Waals surface area contributed by atoms with Crippen LogP contribution in [0.3, 0.4) is 0 Å². The number of hydrogen-bond acceptors (Lipinski definition) is 6. The van der Waals surface area contributed by atoms with E-state index in [1.807, 2.05) is 0 Å². The standard InChI is InChI=1S/C10H7BrN4O3/c11-6-3-7(15(16)17)5-8(4-6)18-10-13-2-1-9(12)14-10/h1-5H,(H2,12,13,14). The van der Waals surface area contributed by atoms with Crippen LogP contribution in [0.2, 0.25) is 0 Å². The third-order valence-corrected chi connectivity index (χ3v) is 2.39. The maximum Gasteiger partial charge on any atom is 0.323 e. The molecule has 2 N–H and O–H groups in total. The first-order chi connectivity index (χ1) is 8.54. The van der Waals surface area contributed by atoms with E-state index in [0.717, 1.165) is 0 Å². The minimum absolute atomic E-state index is 0.0300. The lowest BCUT2D eigenvalue weighted by Gasteiger charge is -2.04. The van der Waals surface area contributed by atoms with Crippen molar-refractivity contribution in [1.82, 2.24) is 9.97 Å². The summed E-state index contributed by atoms with van der Waals surface area (Å²) in [6.07, 6.45) is 1.43. The zero-order chi connectivity index (χ0) is 13.1. The normalized spacial score (nSPS) is 10.1. The Balaban J connectivity index is 2.31. The number of nitro groups is 1. The zero-order valence-corrected chi connectivity index (χ0v) is 10.5. The van der Waals surface area contributed by atoms with Gasteiger partial charge in [0.15, 0.2) is 0 Å². The molecule has 2 rings (SSSR count). The molecular weight excluding hydrogens is 304 g/mol. The molecule has 0 aliphatic carbocycles. The van der Waals surface area contributed by atoms with Crippen LogP contribution in [-0.2, 0) is 0 Å². The van der Waals surface area contributed by atoms with Crippen LogP contribution in [0.5, 0.6) is 11.8 Å². The van der Waals surface area contributed by atoms with Crippen LogP contribution >= 0.6 is 15.9 Å². The number of benzene rings is 1. The molecule has 1 heterocycles. The van der Waals surface area contributed by atoms with Gasteiger partial charge in [-0.15, -0.1) is 0 Å². The van der Waals surface area contributed by atoms with Gasteiger partial charge in [0, 0.05) is 16.7 Å². The molecule has 0 spiro atoms. The summed E-state index contributed by atoms with van der Waals surface area (Å²) >= 11 is 3.16. The van der Waals surface area contributed by atoms with Gasteiger partial charge >= 0.3 is 6.01 Å². The van der Waals surface area contributed by atoms with Crippen LogP contribution in [0.15, 0.2) is 34.9 Å². The van der Waals surface area contributed by atoms with Gasteiger partial charge in [0.2, 0.25) is 0 Å². The van der Waals surface area contributed by atoms with Gasteiger partial charge in [0.1, 0.15) is 11.6 Å². The first-order valence-corrected chi connectivity index (χ1v) is 5.55. The largest absolute Gasteiger partial charge is 0.424 e. The van der Waals surface area contributed by atoms with E-state index >= 15 is 0 Å². The SMILES string of the molecule is Nc1ccnc(Oc2cc(Br)cc([N+](=O)[O-])c2)n1. The van der Waals surface area contributed by atoms with Crippen LogP contribution in [-0.4, -0.2) is 14.9 Å². The number of halogens is 1. The Kier molecular flexibility index (Phi) is 3.38. The quantitative estimate of drug-likeness (QED) is 0.690. The highest BCUT2D eigenvalue weighted by Crippen LogP contribution is 2.28. The molecule has 0 radical (unpaired) electrons. The van der Waals surface area contributed by atoms with Crippen molar-refractivity contribution in [3.8, 4) is 11.8 Å². The molecule has 0 amide bonds. The van der Waals surface area contributed by atoms with Gasteiger partial charge in [0.05, 0.1) is 11.0 Å². The van der Waals surface area contributed by atoms with Gasteiger partial charge in [-0.05, 0) is 12.1 Å². The maximum atomic E-state index is 10.7. The van der Waals surface area contributed by atoms with Gasteiger partial charge in [-0.2, -0.15) is 4.98 Å². The molecule has 0 atom stereocenters. The van der Waals surface area contributed by atoms with Crippen molar-refractivity contribution in [3.05, 3.63) is 45.0 Å². The highest BCUT2D eigenvalue weighted by atomic mass is 79.9. The highest BCUT2D eigenvalue weighted by Gasteiger charge is 2.11. The zero-order valence-electron chi connectivity index (χ0n) is 8.91. The van der Waals surface area contributed by atoms with Crippen molar-refractivity contribution >= 4 is 27.4 Å². The van der Waals surface area contributed by atoms with Crippen molar-refractivity contribution in [3.63, 3.8) is 0 Å². The minimum atomic E-state index is -0.516. The second kappa shape index (κ2) is 4.96. The third-order valence-electron chi connectivity index (χ3n) is 1.93. The molecule has 0 fully saturated rings. The summed E-state index contributed by atoms with van der Waals surface area (Å²) in [6.45, 7) is 0. The van der Waals surface area contributed by atoms with E-state index in [1.165, 1.54) is 24.4 Å². The number of anilines is 1. The molecule has 0 unspecified atom stereocenters. The monoisotopic (exact) mass is 310 g/mol. The van der Waals surface area contributed by atoms with Crippen LogP contribution in [0.4, 0.5) is 11.5 Å². The predicted octanol–water partition coefficient (Wildman–Crippen LogP) is 2.52. The van der Waals surface area contributed by atoms with Crippen LogP contribution in [0.1, 0.15) is 0 Å².